The number of hydrogen-bond donors (Lipinski definition) is 0. The summed E-state index contributed by atoms with van der Waals surface area (Å²) in [6.07, 6.45) is 5.61. The fourth-order valence-corrected chi connectivity index (χ4v) is 8.79. The van der Waals surface area contributed by atoms with Gasteiger partial charge in [-0.3, -0.25) is 9.59 Å². The van der Waals surface area contributed by atoms with Gasteiger partial charge in [-0.05, 0) is 53.8 Å². The third kappa shape index (κ3) is 0.606. The van der Waals surface area contributed by atoms with Gasteiger partial charge in [0.15, 0.2) is 0 Å². The average Bonchev–Trinajstić information content (AvgIpc) is 3.10. The molecule has 0 aliphatic heterocycles. The van der Waals surface area contributed by atoms with Gasteiger partial charge in [0.2, 0.25) is 0 Å². The molecule has 0 heterocycles. The Labute approximate surface area is 111 Å². The first-order valence-electron chi connectivity index (χ1n) is 8.05. The summed E-state index contributed by atoms with van der Waals surface area (Å²) in [7, 11) is 0. The Morgan fingerprint density at radius 1 is 0.684 bits per heavy atom. The number of carbonyl (C=O) groups excluding carboxylic acids is 2. The van der Waals surface area contributed by atoms with Crippen LogP contribution in [0.25, 0.3) is 0 Å². The van der Waals surface area contributed by atoms with E-state index in [1.54, 1.807) is 0 Å². The highest BCUT2D eigenvalue weighted by Crippen LogP contribution is 2.82. The molecule has 7 aliphatic rings. The van der Waals surface area contributed by atoms with Crippen LogP contribution in [0.1, 0.15) is 6.42 Å². The molecule has 6 saturated carbocycles. The van der Waals surface area contributed by atoms with Gasteiger partial charge >= 0.3 is 0 Å². The molecule has 0 bridgehead atoms. The number of ketones is 2. The van der Waals surface area contributed by atoms with Crippen molar-refractivity contribution < 1.29 is 9.59 Å². The third-order valence-corrected chi connectivity index (χ3v) is 8.59. The van der Waals surface area contributed by atoms with Gasteiger partial charge in [-0.15, -0.1) is 0 Å². The van der Waals surface area contributed by atoms with Crippen LogP contribution in [-0.2, 0) is 9.59 Å². The lowest BCUT2D eigenvalue weighted by Crippen LogP contribution is -2.29. The zero-order valence-electron chi connectivity index (χ0n) is 10.6. The highest BCUT2D eigenvalue weighted by atomic mass is 16.1. The van der Waals surface area contributed by atoms with Crippen LogP contribution in [-0.4, -0.2) is 11.6 Å². The number of Topliss-reactive ketones (excluding diaryl/α,β-unsaturated/α-hetero) is 2. The van der Waals surface area contributed by atoms with Gasteiger partial charge in [-0.25, -0.2) is 0 Å². The minimum Gasteiger partial charge on any atom is -0.299 e. The molecule has 0 radical (unpaired) electrons. The highest BCUT2D eigenvalue weighted by Gasteiger charge is 2.82. The van der Waals surface area contributed by atoms with Crippen molar-refractivity contribution in [1.82, 2.24) is 0 Å². The maximum absolute atomic E-state index is 12.8. The summed E-state index contributed by atoms with van der Waals surface area (Å²) >= 11 is 0. The molecule has 0 amide bonds. The van der Waals surface area contributed by atoms with Gasteiger partial charge in [0.1, 0.15) is 11.6 Å². The highest BCUT2D eigenvalue weighted by molar-refractivity contribution is 5.95. The molecule has 96 valence electrons. The van der Waals surface area contributed by atoms with Crippen LogP contribution in [0, 0.1) is 71.0 Å². The van der Waals surface area contributed by atoms with Gasteiger partial charge in [0.05, 0.1) is 0 Å². The molecule has 7 aliphatic carbocycles. The molecule has 2 nitrogen and oxygen atoms in total. The second kappa shape index (κ2) is 2.27. The Kier molecular flexibility index (Phi) is 1.09. The number of carbonyl (C=O) groups is 2. The molecular formula is C17H16O2. The Morgan fingerprint density at radius 3 is 1.74 bits per heavy atom. The van der Waals surface area contributed by atoms with Crippen molar-refractivity contribution >= 4 is 11.6 Å². The average molecular weight is 252 g/mol. The van der Waals surface area contributed by atoms with Crippen molar-refractivity contribution in [3.63, 3.8) is 0 Å². The molecule has 12 atom stereocenters. The molecule has 0 spiro atoms. The van der Waals surface area contributed by atoms with E-state index >= 15 is 0 Å². The molecule has 19 heavy (non-hydrogen) atoms. The maximum Gasteiger partial charge on any atom is 0.140 e. The summed E-state index contributed by atoms with van der Waals surface area (Å²) in [6.45, 7) is 0. The summed E-state index contributed by atoms with van der Waals surface area (Å²) in [5, 5.41) is 0. The van der Waals surface area contributed by atoms with Gasteiger partial charge < -0.3 is 0 Å². The lowest BCUT2D eigenvalue weighted by molar-refractivity contribution is -0.128. The van der Waals surface area contributed by atoms with Crippen molar-refractivity contribution in [1.29, 1.82) is 0 Å². The molecule has 0 aromatic carbocycles. The van der Waals surface area contributed by atoms with Crippen LogP contribution >= 0.6 is 0 Å². The molecule has 2 unspecified atom stereocenters. The molecule has 2 heteroatoms. The van der Waals surface area contributed by atoms with Gasteiger partial charge in [0, 0.05) is 23.7 Å². The topological polar surface area (TPSA) is 34.1 Å². The van der Waals surface area contributed by atoms with Crippen LogP contribution in [0.4, 0.5) is 0 Å². The Hall–Kier alpha value is -0.920. The Morgan fingerprint density at radius 2 is 1.21 bits per heavy atom. The number of hydrogen-bond acceptors (Lipinski definition) is 2. The van der Waals surface area contributed by atoms with E-state index in [1.165, 1.54) is 0 Å². The zero-order valence-corrected chi connectivity index (χ0v) is 10.6. The Bertz CT molecular complexity index is 569. The molecule has 7 rings (SSSR count). The van der Waals surface area contributed by atoms with Crippen LogP contribution in [0.2, 0.25) is 0 Å². The van der Waals surface area contributed by atoms with Crippen molar-refractivity contribution in [3.05, 3.63) is 12.2 Å². The predicted molar refractivity (Wildman–Crippen MR) is 65.7 cm³/mol. The van der Waals surface area contributed by atoms with E-state index in [0.717, 1.165) is 12.3 Å². The van der Waals surface area contributed by atoms with Crippen molar-refractivity contribution in [2.24, 2.45) is 71.0 Å². The van der Waals surface area contributed by atoms with Crippen molar-refractivity contribution in [2.45, 2.75) is 6.42 Å². The standard InChI is InChI=1S/C17H16O2/c18-16-6-3-7-10-9(6)14-11(16)4-1-2-5-8(4)13(14)15(10)12(5)17(7)19/h1-2,4-15H,3H2/t4-,5-,6-,7+,8?,9+,10-,11-,12-,13?,14-,15+/m0/s1. The van der Waals surface area contributed by atoms with E-state index in [4.69, 9.17) is 0 Å². The lowest BCUT2D eigenvalue weighted by atomic mass is 9.79. The van der Waals surface area contributed by atoms with E-state index in [1.807, 2.05) is 0 Å². The number of fused-ring (bicyclic) bond motifs is 2. The van der Waals surface area contributed by atoms with Gasteiger partial charge in [0.25, 0.3) is 0 Å². The predicted octanol–water partition coefficient (Wildman–Crippen LogP) is 1.56. The first kappa shape index (κ1) is 9.10. The van der Waals surface area contributed by atoms with Crippen LogP contribution < -0.4 is 0 Å². The normalized spacial score (nSPS) is 75.2. The third-order valence-electron chi connectivity index (χ3n) is 8.59. The van der Waals surface area contributed by atoms with Crippen molar-refractivity contribution in [2.75, 3.05) is 0 Å². The molecule has 0 aromatic heterocycles. The van der Waals surface area contributed by atoms with Gasteiger partial charge in [-0.1, -0.05) is 12.2 Å². The SMILES string of the molecule is O=C1[C@@H]2[C@H]3C4C5[C@@H]2C=C[C@@H]5[C@@H]2C(=O)[C@@H]5C[C@H]1[C@@H]3[C@H]5[C@@H]42. The second-order valence-corrected chi connectivity index (χ2v) is 8.31. The molecule has 0 aromatic rings. The fraction of sp³-hybridized carbons (Fsp3) is 0.765. The minimum absolute atomic E-state index is 0.286. The first-order valence-corrected chi connectivity index (χ1v) is 8.05. The largest absolute Gasteiger partial charge is 0.299 e. The van der Waals surface area contributed by atoms with Crippen LogP contribution in [0.3, 0.4) is 0 Å². The van der Waals surface area contributed by atoms with Crippen LogP contribution in [0.15, 0.2) is 12.2 Å². The zero-order chi connectivity index (χ0) is 12.2. The molecule has 0 N–H and O–H groups in total. The van der Waals surface area contributed by atoms with Crippen LogP contribution in [0.5, 0.6) is 0 Å². The summed E-state index contributed by atoms with van der Waals surface area (Å²) in [6, 6.07) is 0. The van der Waals surface area contributed by atoms with Gasteiger partial charge in [-0.2, -0.15) is 0 Å². The minimum atomic E-state index is 0.286. The fourth-order valence-electron chi connectivity index (χ4n) is 8.79. The second-order valence-electron chi connectivity index (χ2n) is 8.31. The first-order chi connectivity index (χ1) is 9.29. The molecular weight excluding hydrogens is 236 g/mol. The summed E-state index contributed by atoms with van der Waals surface area (Å²) in [5.74, 6) is 7.57. The molecule has 6 fully saturated rings. The quantitative estimate of drug-likeness (QED) is 0.613. The van der Waals surface area contributed by atoms with E-state index in [-0.39, 0.29) is 11.8 Å². The summed E-state index contributed by atoms with van der Waals surface area (Å²) in [4.78, 5) is 25.6. The number of rotatable bonds is 0. The van der Waals surface area contributed by atoms with E-state index in [9.17, 15) is 9.59 Å². The van der Waals surface area contributed by atoms with E-state index in [2.05, 4.69) is 12.2 Å². The smallest absolute Gasteiger partial charge is 0.140 e. The summed E-state index contributed by atoms with van der Waals surface area (Å²) in [5.41, 5.74) is 0. The maximum atomic E-state index is 12.8. The monoisotopic (exact) mass is 252 g/mol. The summed E-state index contributed by atoms with van der Waals surface area (Å²) < 4.78 is 0. The van der Waals surface area contributed by atoms with E-state index < -0.39 is 0 Å². The lowest BCUT2D eigenvalue weighted by Gasteiger charge is -2.23. The Balaban J connectivity index is 1.61. The van der Waals surface area contributed by atoms with E-state index in [0.29, 0.717) is 64.8 Å². The number of allylic oxidation sites excluding steroid dienone is 2. The van der Waals surface area contributed by atoms with Crippen molar-refractivity contribution in [3.8, 4) is 0 Å². The molecule has 0 saturated heterocycles.